The summed E-state index contributed by atoms with van der Waals surface area (Å²) < 4.78 is 5.17. The molecular formula is C16H22N2O3. The maximum atomic E-state index is 11.9. The fraction of sp³-hybridized carbons (Fsp3) is 0.500. The Kier molecular flexibility index (Phi) is 5.20. The molecule has 1 fully saturated rings. The first-order valence-electron chi connectivity index (χ1n) is 7.39. The van der Waals surface area contributed by atoms with Gasteiger partial charge in [0.15, 0.2) is 6.10 Å². The Morgan fingerprint density at radius 1 is 1.38 bits per heavy atom. The standard InChI is InChI=1S/C16H22N2O3/c1-11(16(20)18-14-7-2-3-8-14)21-15(19)10-12-5-4-6-13(17)9-12/h4-6,9,11,14H,2-3,7-8,10,17H2,1H3,(H,18,20). The maximum Gasteiger partial charge on any atom is 0.311 e. The van der Waals surface area contributed by atoms with E-state index < -0.39 is 12.1 Å². The Morgan fingerprint density at radius 2 is 2.10 bits per heavy atom. The average molecular weight is 290 g/mol. The van der Waals surface area contributed by atoms with Crippen molar-refractivity contribution in [3.05, 3.63) is 29.8 Å². The molecule has 5 heteroatoms. The van der Waals surface area contributed by atoms with Gasteiger partial charge in [-0.2, -0.15) is 0 Å². The van der Waals surface area contributed by atoms with E-state index in [9.17, 15) is 9.59 Å². The van der Waals surface area contributed by atoms with Crippen LogP contribution in [0.25, 0.3) is 0 Å². The van der Waals surface area contributed by atoms with E-state index in [2.05, 4.69) is 5.32 Å². The molecule has 1 atom stereocenters. The molecule has 1 aliphatic rings. The number of hydrogen-bond donors (Lipinski definition) is 2. The van der Waals surface area contributed by atoms with Crippen LogP contribution in [0.1, 0.15) is 38.2 Å². The Labute approximate surface area is 124 Å². The number of esters is 1. The number of nitrogens with two attached hydrogens (primary N) is 1. The van der Waals surface area contributed by atoms with E-state index in [1.165, 1.54) is 0 Å². The Bertz CT molecular complexity index is 510. The van der Waals surface area contributed by atoms with Gasteiger partial charge in [-0.25, -0.2) is 0 Å². The SMILES string of the molecule is CC(OC(=O)Cc1cccc(N)c1)C(=O)NC1CCCC1. The van der Waals surface area contributed by atoms with Gasteiger partial charge < -0.3 is 15.8 Å². The summed E-state index contributed by atoms with van der Waals surface area (Å²) in [6.07, 6.45) is 3.67. The van der Waals surface area contributed by atoms with Crippen LogP contribution in [0, 0.1) is 0 Å². The van der Waals surface area contributed by atoms with Crippen LogP contribution in [0.5, 0.6) is 0 Å². The van der Waals surface area contributed by atoms with Gasteiger partial charge in [-0.3, -0.25) is 9.59 Å². The third kappa shape index (κ3) is 4.77. The van der Waals surface area contributed by atoms with Gasteiger partial charge in [0.25, 0.3) is 5.91 Å². The van der Waals surface area contributed by atoms with Crippen LogP contribution in [0.4, 0.5) is 5.69 Å². The minimum absolute atomic E-state index is 0.117. The van der Waals surface area contributed by atoms with Gasteiger partial charge in [0.05, 0.1) is 6.42 Å². The van der Waals surface area contributed by atoms with Crippen molar-refractivity contribution in [1.82, 2.24) is 5.32 Å². The van der Waals surface area contributed by atoms with E-state index in [1.807, 2.05) is 0 Å². The highest BCUT2D eigenvalue weighted by atomic mass is 16.5. The van der Waals surface area contributed by atoms with Crippen LogP contribution in [-0.2, 0) is 20.7 Å². The summed E-state index contributed by atoms with van der Waals surface area (Å²) in [5.74, 6) is -0.641. The van der Waals surface area contributed by atoms with Crippen LogP contribution >= 0.6 is 0 Å². The third-order valence-corrected chi connectivity index (χ3v) is 3.68. The lowest BCUT2D eigenvalue weighted by Crippen LogP contribution is -2.41. The number of amides is 1. The molecule has 3 N–H and O–H groups in total. The van der Waals surface area contributed by atoms with Crippen molar-refractivity contribution in [3.63, 3.8) is 0 Å². The van der Waals surface area contributed by atoms with Crippen molar-refractivity contribution in [2.24, 2.45) is 0 Å². The molecular weight excluding hydrogens is 268 g/mol. The number of nitrogens with one attached hydrogen (secondary N) is 1. The smallest absolute Gasteiger partial charge is 0.311 e. The first-order chi connectivity index (χ1) is 10.0. The number of carbonyl (C=O) groups is 2. The minimum atomic E-state index is -0.765. The molecule has 0 aliphatic heterocycles. The maximum absolute atomic E-state index is 11.9. The molecule has 1 aromatic carbocycles. The number of nitrogen functional groups attached to an aromatic ring is 1. The predicted octanol–water partition coefficient (Wildman–Crippen LogP) is 1.80. The van der Waals surface area contributed by atoms with E-state index in [4.69, 9.17) is 10.5 Å². The highest BCUT2D eigenvalue weighted by Crippen LogP contribution is 2.17. The Balaban J connectivity index is 1.79. The molecule has 1 aliphatic carbocycles. The van der Waals surface area contributed by atoms with Crippen molar-refractivity contribution in [3.8, 4) is 0 Å². The lowest BCUT2D eigenvalue weighted by molar-refractivity contribution is -0.154. The van der Waals surface area contributed by atoms with Crippen LogP contribution in [0.2, 0.25) is 0 Å². The molecule has 1 saturated carbocycles. The zero-order valence-electron chi connectivity index (χ0n) is 12.3. The van der Waals surface area contributed by atoms with Crippen LogP contribution in [0.15, 0.2) is 24.3 Å². The van der Waals surface area contributed by atoms with Gasteiger partial charge in [-0.05, 0) is 37.5 Å². The number of hydrogen-bond acceptors (Lipinski definition) is 4. The molecule has 0 saturated heterocycles. The second kappa shape index (κ2) is 7.11. The van der Waals surface area contributed by atoms with Gasteiger partial charge in [-0.1, -0.05) is 25.0 Å². The number of anilines is 1. The molecule has 114 valence electrons. The van der Waals surface area contributed by atoms with Crippen LogP contribution in [-0.4, -0.2) is 24.0 Å². The molecule has 1 amide bonds. The third-order valence-electron chi connectivity index (χ3n) is 3.68. The van der Waals surface area contributed by atoms with Crippen molar-refractivity contribution in [1.29, 1.82) is 0 Å². The molecule has 1 unspecified atom stereocenters. The fourth-order valence-electron chi connectivity index (χ4n) is 2.55. The lowest BCUT2D eigenvalue weighted by Gasteiger charge is -2.17. The minimum Gasteiger partial charge on any atom is -0.452 e. The topological polar surface area (TPSA) is 81.4 Å². The fourth-order valence-corrected chi connectivity index (χ4v) is 2.55. The van der Waals surface area contributed by atoms with E-state index in [0.29, 0.717) is 5.69 Å². The van der Waals surface area contributed by atoms with Crippen molar-refractivity contribution in [2.45, 2.75) is 51.2 Å². The molecule has 0 spiro atoms. The second-order valence-electron chi connectivity index (χ2n) is 5.54. The van der Waals surface area contributed by atoms with Gasteiger partial charge >= 0.3 is 5.97 Å². The lowest BCUT2D eigenvalue weighted by atomic mass is 10.1. The molecule has 1 aromatic rings. The van der Waals surface area contributed by atoms with E-state index in [1.54, 1.807) is 31.2 Å². The van der Waals surface area contributed by atoms with E-state index in [0.717, 1.165) is 31.2 Å². The van der Waals surface area contributed by atoms with Gasteiger partial charge in [0.1, 0.15) is 0 Å². The molecule has 5 nitrogen and oxygen atoms in total. The number of rotatable bonds is 5. The summed E-state index contributed by atoms with van der Waals surface area (Å²) in [4.78, 5) is 23.8. The summed E-state index contributed by atoms with van der Waals surface area (Å²) in [6, 6.07) is 7.30. The van der Waals surface area contributed by atoms with Crippen LogP contribution in [0.3, 0.4) is 0 Å². The zero-order chi connectivity index (χ0) is 15.2. The van der Waals surface area contributed by atoms with E-state index in [-0.39, 0.29) is 18.4 Å². The Hall–Kier alpha value is -2.04. The van der Waals surface area contributed by atoms with Gasteiger partial charge in [0.2, 0.25) is 0 Å². The zero-order valence-corrected chi connectivity index (χ0v) is 12.3. The number of benzene rings is 1. The molecule has 0 heterocycles. The molecule has 21 heavy (non-hydrogen) atoms. The summed E-state index contributed by atoms with van der Waals surface area (Å²) >= 11 is 0. The molecule has 0 bridgehead atoms. The summed E-state index contributed by atoms with van der Waals surface area (Å²) in [5, 5.41) is 2.92. The molecule has 0 radical (unpaired) electrons. The van der Waals surface area contributed by atoms with Gasteiger partial charge in [-0.15, -0.1) is 0 Å². The quantitative estimate of drug-likeness (QED) is 0.640. The largest absolute Gasteiger partial charge is 0.452 e. The van der Waals surface area contributed by atoms with Crippen LogP contribution < -0.4 is 11.1 Å². The summed E-state index contributed by atoms with van der Waals surface area (Å²) in [5.41, 5.74) is 7.04. The Morgan fingerprint density at radius 3 is 2.76 bits per heavy atom. The van der Waals surface area contributed by atoms with Crippen molar-refractivity contribution < 1.29 is 14.3 Å². The molecule has 2 rings (SSSR count). The summed E-state index contributed by atoms with van der Waals surface area (Å²) in [7, 11) is 0. The first kappa shape index (κ1) is 15.4. The van der Waals surface area contributed by atoms with Crippen molar-refractivity contribution >= 4 is 17.6 Å². The predicted molar refractivity (Wildman–Crippen MR) is 80.5 cm³/mol. The van der Waals surface area contributed by atoms with Gasteiger partial charge in [0, 0.05) is 11.7 Å². The average Bonchev–Trinajstić information content (AvgIpc) is 2.91. The molecule has 0 aromatic heterocycles. The van der Waals surface area contributed by atoms with E-state index >= 15 is 0 Å². The normalized spacial score (nSPS) is 16.4. The monoisotopic (exact) mass is 290 g/mol. The number of ether oxygens (including phenoxy) is 1. The second-order valence-corrected chi connectivity index (χ2v) is 5.54. The highest BCUT2D eigenvalue weighted by molar-refractivity contribution is 5.84. The first-order valence-corrected chi connectivity index (χ1v) is 7.39. The highest BCUT2D eigenvalue weighted by Gasteiger charge is 2.23. The summed E-state index contributed by atoms with van der Waals surface area (Å²) in [6.45, 7) is 1.60. The number of carbonyl (C=O) groups excluding carboxylic acids is 2. The van der Waals surface area contributed by atoms with Crippen molar-refractivity contribution in [2.75, 3.05) is 5.73 Å².